The summed E-state index contributed by atoms with van der Waals surface area (Å²) in [4.78, 5) is 0. The van der Waals surface area contributed by atoms with E-state index < -0.39 is 0 Å². The number of halogens is 1. The van der Waals surface area contributed by atoms with Crippen molar-refractivity contribution in [2.75, 3.05) is 25.5 Å². The zero-order valence-electron chi connectivity index (χ0n) is 9.09. The van der Waals surface area contributed by atoms with E-state index in [9.17, 15) is 4.39 Å². The van der Waals surface area contributed by atoms with E-state index in [1.54, 1.807) is 13.2 Å². The Balaban J connectivity index is 2.69. The van der Waals surface area contributed by atoms with E-state index in [-0.39, 0.29) is 5.82 Å². The van der Waals surface area contributed by atoms with Crippen molar-refractivity contribution in [2.24, 2.45) is 11.7 Å². The Morgan fingerprint density at radius 3 is 2.87 bits per heavy atom. The monoisotopic (exact) mass is 212 g/mol. The molecule has 1 aromatic carbocycles. The number of benzene rings is 1. The molecule has 0 aliphatic carbocycles. The van der Waals surface area contributed by atoms with Crippen molar-refractivity contribution in [1.82, 2.24) is 0 Å². The van der Waals surface area contributed by atoms with Crippen LogP contribution in [0.5, 0.6) is 5.75 Å². The van der Waals surface area contributed by atoms with Crippen LogP contribution in [0.4, 0.5) is 10.1 Å². The van der Waals surface area contributed by atoms with Crippen molar-refractivity contribution in [2.45, 2.75) is 6.92 Å². The first kappa shape index (κ1) is 11.8. The van der Waals surface area contributed by atoms with Gasteiger partial charge in [-0.25, -0.2) is 4.39 Å². The number of ether oxygens (including phenoxy) is 1. The van der Waals surface area contributed by atoms with Crippen molar-refractivity contribution in [3.63, 3.8) is 0 Å². The summed E-state index contributed by atoms with van der Waals surface area (Å²) in [5.41, 5.74) is 6.16. The summed E-state index contributed by atoms with van der Waals surface area (Å²) in [6.45, 7) is 3.33. The second-order valence-corrected chi connectivity index (χ2v) is 3.57. The van der Waals surface area contributed by atoms with Crippen molar-refractivity contribution >= 4 is 5.69 Å². The zero-order valence-corrected chi connectivity index (χ0v) is 9.09. The molecule has 0 fully saturated rings. The molecule has 0 radical (unpaired) electrons. The van der Waals surface area contributed by atoms with Gasteiger partial charge in [0.1, 0.15) is 11.6 Å². The van der Waals surface area contributed by atoms with Crippen LogP contribution >= 0.6 is 0 Å². The minimum absolute atomic E-state index is 0.279. The second kappa shape index (κ2) is 5.56. The van der Waals surface area contributed by atoms with Gasteiger partial charge >= 0.3 is 0 Å². The van der Waals surface area contributed by atoms with Gasteiger partial charge in [0.25, 0.3) is 0 Å². The van der Waals surface area contributed by atoms with Crippen LogP contribution in [-0.4, -0.2) is 20.2 Å². The average molecular weight is 212 g/mol. The minimum atomic E-state index is -0.279. The summed E-state index contributed by atoms with van der Waals surface area (Å²) >= 11 is 0. The lowest BCUT2D eigenvalue weighted by Gasteiger charge is -2.14. The van der Waals surface area contributed by atoms with Gasteiger partial charge in [0.2, 0.25) is 0 Å². The molecule has 1 unspecified atom stereocenters. The molecule has 3 N–H and O–H groups in total. The SMILES string of the molecule is COc1ccc(F)cc1NCC(C)CN. The topological polar surface area (TPSA) is 47.3 Å². The van der Waals surface area contributed by atoms with E-state index in [2.05, 4.69) is 5.32 Å². The van der Waals surface area contributed by atoms with Gasteiger partial charge in [0.15, 0.2) is 0 Å². The Morgan fingerprint density at radius 1 is 1.53 bits per heavy atom. The molecule has 15 heavy (non-hydrogen) atoms. The summed E-state index contributed by atoms with van der Waals surface area (Å²) in [6, 6.07) is 4.39. The highest BCUT2D eigenvalue weighted by Gasteiger charge is 2.05. The average Bonchev–Trinajstić information content (AvgIpc) is 2.26. The van der Waals surface area contributed by atoms with Crippen molar-refractivity contribution in [3.05, 3.63) is 24.0 Å². The van der Waals surface area contributed by atoms with E-state index in [0.29, 0.717) is 30.4 Å². The molecule has 1 aromatic rings. The summed E-state index contributed by atoms with van der Waals surface area (Å²) in [5.74, 6) is 0.706. The van der Waals surface area contributed by atoms with E-state index >= 15 is 0 Å². The molecule has 1 atom stereocenters. The lowest BCUT2D eigenvalue weighted by Crippen LogP contribution is -2.20. The van der Waals surface area contributed by atoms with Crippen LogP contribution < -0.4 is 15.8 Å². The van der Waals surface area contributed by atoms with Crippen LogP contribution in [0.15, 0.2) is 18.2 Å². The maximum atomic E-state index is 13.0. The third kappa shape index (κ3) is 3.40. The Hall–Kier alpha value is -1.29. The number of hydrogen-bond donors (Lipinski definition) is 2. The molecule has 0 amide bonds. The second-order valence-electron chi connectivity index (χ2n) is 3.57. The summed E-state index contributed by atoms with van der Waals surface area (Å²) in [7, 11) is 1.56. The molecular weight excluding hydrogens is 195 g/mol. The summed E-state index contributed by atoms with van der Waals surface area (Å²) in [5, 5.41) is 3.11. The van der Waals surface area contributed by atoms with Crippen molar-refractivity contribution in [3.8, 4) is 5.75 Å². The van der Waals surface area contributed by atoms with Gasteiger partial charge < -0.3 is 15.8 Å². The van der Waals surface area contributed by atoms with E-state index in [0.717, 1.165) is 0 Å². The number of methoxy groups -OCH3 is 1. The van der Waals surface area contributed by atoms with Crippen LogP contribution in [0.3, 0.4) is 0 Å². The molecule has 0 aromatic heterocycles. The van der Waals surface area contributed by atoms with Gasteiger partial charge in [-0.1, -0.05) is 6.92 Å². The van der Waals surface area contributed by atoms with Gasteiger partial charge in [-0.15, -0.1) is 0 Å². The Kier molecular flexibility index (Phi) is 4.37. The standard InChI is InChI=1S/C11H17FN2O/c1-8(6-13)7-14-10-5-9(12)3-4-11(10)15-2/h3-5,8,14H,6-7,13H2,1-2H3. The summed E-state index contributed by atoms with van der Waals surface area (Å²) in [6.07, 6.45) is 0. The molecule has 0 aliphatic heterocycles. The fourth-order valence-electron chi connectivity index (χ4n) is 1.19. The third-order valence-electron chi connectivity index (χ3n) is 2.20. The van der Waals surface area contributed by atoms with Gasteiger partial charge in [-0.05, 0) is 24.6 Å². The molecule has 0 saturated carbocycles. The Labute approximate surface area is 89.4 Å². The minimum Gasteiger partial charge on any atom is -0.495 e. The quantitative estimate of drug-likeness (QED) is 0.783. The highest BCUT2D eigenvalue weighted by atomic mass is 19.1. The Morgan fingerprint density at radius 2 is 2.27 bits per heavy atom. The number of anilines is 1. The van der Waals surface area contributed by atoms with Gasteiger partial charge in [-0.2, -0.15) is 0 Å². The largest absolute Gasteiger partial charge is 0.495 e. The highest BCUT2D eigenvalue weighted by molar-refractivity contribution is 5.56. The van der Waals surface area contributed by atoms with Crippen LogP contribution in [0.25, 0.3) is 0 Å². The fraction of sp³-hybridized carbons (Fsp3) is 0.455. The van der Waals surface area contributed by atoms with E-state index in [1.807, 2.05) is 6.92 Å². The molecule has 0 aliphatic rings. The molecular formula is C11H17FN2O. The smallest absolute Gasteiger partial charge is 0.142 e. The zero-order chi connectivity index (χ0) is 11.3. The van der Waals surface area contributed by atoms with E-state index in [1.165, 1.54) is 12.1 Å². The predicted molar refractivity (Wildman–Crippen MR) is 59.7 cm³/mol. The van der Waals surface area contributed by atoms with Crippen LogP contribution in [0, 0.1) is 11.7 Å². The lowest BCUT2D eigenvalue weighted by atomic mass is 10.2. The maximum absolute atomic E-state index is 13.0. The number of rotatable bonds is 5. The molecule has 1 rings (SSSR count). The fourth-order valence-corrected chi connectivity index (χ4v) is 1.19. The molecule has 3 nitrogen and oxygen atoms in total. The van der Waals surface area contributed by atoms with Crippen molar-refractivity contribution in [1.29, 1.82) is 0 Å². The molecule has 84 valence electrons. The summed E-state index contributed by atoms with van der Waals surface area (Å²) < 4.78 is 18.1. The number of nitrogens with two attached hydrogens (primary N) is 1. The first-order valence-electron chi connectivity index (χ1n) is 4.95. The molecule has 0 spiro atoms. The first-order valence-corrected chi connectivity index (χ1v) is 4.95. The van der Waals surface area contributed by atoms with Crippen LogP contribution in [-0.2, 0) is 0 Å². The van der Waals surface area contributed by atoms with Gasteiger partial charge in [0, 0.05) is 12.6 Å². The maximum Gasteiger partial charge on any atom is 0.142 e. The molecule has 0 heterocycles. The van der Waals surface area contributed by atoms with Gasteiger partial charge in [0.05, 0.1) is 12.8 Å². The van der Waals surface area contributed by atoms with Gasteiger partial charge in [-0.3, -0.25) is 0 Å². The third-order valence-corrected chi connectivity index (χ3v) is 2.20. The molecule has 0 saturated heterocycles. The van der Waals surface area contributed by atoms with Crippen molar-refractivity contribution < 1.29 is 9.13 Å². The van der Waals surface area contributed by atoms with Crippen LogP contribution in [0.2, 0.25) is 0 Å². The normalized spacial score (nSPS) is 12.3. The number of hydrogen-bond acceptors (Lipinski definition) is 3. The van der Waals surface area contributed by atoms with E-state index in [4.69, 9.17) is 10.5 Å². The molecule has 0 bridgehead atoms. The first-order chi connectivity index (χ1) is 7.17. The molecule has 4 heteroatoms. The lowest BCUT2D eigenvalue weighted by molar-refractivity contribution is 0.415. The highest BCUT2D eigenvalue weighted by Crippen LogP contribution is 2.24. The Bertz CT molecular complexity index is 317. The number of nitrogens with one attached hydrogen (secondary N) is 1. The van der Waals surface area contributed by atoms with Crippen LogP contribution in [0.1, 0.15) is 6.92 Å². The predicted octanol–water partition coefficient (Wildman–Crippen LogP) is 1.84.